The highest BCUT2D eigenvalue weighted by atomic mass is 19.4. The predicted octanol–water partition coefficient (Wildman–Crippen LogP) is 2.19. The average molecular weight is 448 g/mol. The molecule has 2 N–H and O–H groups in total. The van der Waals surface area contributed by atoms with E-state index in [1.165, 1.54) is 5.56 Å². The fraction of sp³-hybridized carbons (Fsp3) is 0.700. The lowest BCUT2D eigenvalue weighted by Gasteiger charge is -2.23. The number of nitrogens with one attached hydrogen (secondary N) is 1. The maximum Gasteiger partial charge on any atom is 0.490 e. The zero-order valence-corrected chi connectivity index (χ0v) is 17.0. The normalized spacial score (nSPS) is 26.7. The van der Waals surface area contributed by atoms with Gasteiger partial charge in [-0.25, -0.2) is 4.79 Å². The lowest BCUT2D eigenvalue weighted by molar-refractivity contribution is -0.192. The number of aliphatic carboxylic acids is 1. The monoisotopic (exact) mass is 448 g/mol. The molecule has 0 saturated carbocycles. The number of amides is 1. The number of rotatable bonds is 5. The van der Waals surface area contributed by atoms with E-state index in [0.717, 1.165) is 58.5 Å². The summed E-state index contributed by atoms with van der Waals surface area (Å²) in [6.07, 6.45) is 2.18. The third kappa shape index (κ3) is 6.68. The third-order valence-corrected chi connectivity index (χ3v) is 5.80. The Morgan fingerprint density at radius 2 is 1.94 bits per heavy atom. The van der Waals surface area contributed by atoms with Crippen LogP contribution in [0.2, 0.25) is 0 Å². The van der Waals surface area contributed by atoms with Crippen LogP contribution in [-0.2, 0) is 25.6 Å². The second-order valence-corrected chi connectivity index (χ2v) is 7.96. The van der Waals surface area contributed by atoms with Gasteiger partial charge < -0.3 is 24.3 Å². The Balaban J connectivity index is 0.000000339. The van der Waals surface area contributed by atoms with Gasteiger partial charge in [-0.15, -0.1) is 0 Å². The zero-order chi connectivity index (χ0) is 22.4. The van der Waals surface area contributed by atoms with Crippen LogP contribution in [-0.4, -0.2) is 72.6 Å². The van der Waals surface area contributed by atoms with Gasteiger partial charge in [-0.1, -0.05) is 0 Å². The Morgan fingerprint density at radius 3 is 2.55 bits per heavy atom. The predicted molar refractivity (Wildman–Crippen MR) is 101 cm³/mol. The van der Waals surface area contributed by atoms with E-state index >= 15 is 0 Å². The SMILES string of the molecule is O=C(NCC1CCOCC1)[C@H]1C[C@H]2[C@H](CCN2Cc2ccoc2)O1.O=C(O)C(F)(F)F. The molecule has 0 spiro atoms. The second-order valence-electron chi connectivity index (χ2n) is 7.96. The van der Waals surface area contributed by atoms with Crippen molar-refractivity contribution in [3.05, 3.63) is 24.2 Å². The minimum atomic E-state index is -5.08. The number of furan rings is 1. The first kappa shape index (κ1) is 23.6. The van der Waals surface area contributed by atoms with Gasteiger partial charge in [0, 0.05) is 50.9 Å². The van der Waals surface area contributed by atoms with Crippen LogP contribution in [0, 0.1) is 5.92 Å². The zero-order valence-electron chi connectivity index (χ0n) is 17.0. The van der Waals surface area contributed by atoms with E-state index in [2.05, 4.69) is 10.2 Å². The molecule has 1 amide bonds. The van der Waals surface area contributed by atoms with Gasteiger partial charge in [-0.05, 0) is 31.2 Å². The van der Waals surface area contributed by atoms with Crippen molar-refractivity contribution in [2.75, 3.05) is 26.3 Å². The molecule has 4 rings (SSSR count). The molecule has 174 valence electrons. The maximum absolute atomic E-state index is 12.4. The molecule has 0 aromatic carbocycles. The number of fused-ring (bicyclic) bond motifs is 1. The Labute approximate surface area is 177 Å². The lowest BCUT2D eigenvalue weighted by atomic mass is 10.0. The number of nitrogens with zero attached hydrogens (tertiary/aromatic N) is 1. The van der Waals surface area contributed by atoms with E-state index < -0.39 is 12.1 Å². The fourth-order valence-electron chi connectivity index (χ4n) is 4.12. The molecule has 8 nitrogen and oxygen atoms in total. The van der Waals surface area contributed by atoms with E-state index in [1.807, 2.05) is 6.07 Å². The van der Waals surface area contributed by atoms with Crippen LogP contribution >= 0.6 is 0 Å². The Kier molecular flexibility index (Phi) is 7.95. The molecule has 3 fully saturated rings. The molecule has 1 aromatic rings. The summed E-state index contributed by atoms with van der Waals surface area (Å²) in [5, 5.41) is 10.2. The summed E-state index contributed by atoms with van der Waals surface area (Å²) in [6, 6.07) is 2.35. The molecule has 11 heteroatoms. The van der Waals surface area contributed by atoms with Crippen LogP contribution in [0.1, 0.15) is 31.2 Å². The molecule has 4 heterocycles. The quantitative estimate of drug-likeness (QED) is 0.712. The topological polar surface area (TPSA) is 101 Å². The number of hydrogen-bond acceptors (Lipinski definition) is 6. The molecule has 0 unspecified atom stereocenters. The average Bonchev–Trinajstić information content (AvgIpc) is 3.46. The Bertz CT molecular complexity index is 721. The molecule has 3 saturated heterocycles. The summed E-state index contributed by atoms with van der Waals surface area (Å²) in [5.41, 5.74) is 1.18. The molecule has 0 radical (unpaired) electrons. The van der Waals surface area contributed by atoms with Crippen LogP contribution in [0.5, 0.6) is 0 Å². The largest absolute Gasteiger partial charge is 0.490 e. The first-order chi connectivity index (χ1) is 14.7. The van der Waals surface area contributed by atoms with Crippen molar-refractivity contribution in [3.63, 3.8) is 0 Å². The molecule has 31 heavy (non-hydrogen) atoms. The molecular formula is C20H27F3N2O6. The third-order valence-electron chi connectivity index (χ3n) is 5.80. The number of carboxylic acid groups (broad SMARTS) is 1. The first-order valence-electron chi connectivity index (χ1n) is 10.3. The van der Waals surface area contributed by atoms with Crippen LogP contribution < -0.4 is 5.32 Å². The summed E-state index contributed by atoms with van der Waals surface area (Å²) in [6.45, 7) is 4.27. The minimum absolute atomic E-state index is 0.0548. The lowest BCUT2D eigenvalue weighted by Crippen LogP contribution is -2.39. The minimum Gasteiger partial charge on any atom is -0.475 e. The Hall–Kier alpha value is -2.11. The molecular weight excluding hydrogens is 421 g/mol. The number of halogens is 3. The highest BCUT2D eigenvalue weighted by Crippen LogP contribution is 2.34. The van der Waals surface area contributed by atoms with E-state index in [-0.39, 0.29) is 18.1 Å². The van der Waals surface area contributed by atoms with Crippen LogP contribution in [0.25, 0.3) is 0 Å². The van der Waals surface area contributed by atoms with Crippen LogP contribution in [0.3, 0.4) is 0 Å². The molecule has 0 aliphatic carbocycles. The molecule has 3 aliphatic rings. The van der Waals surface area contributed by atoms with Crippen LogP contribution in [0.15, 0.2) is 23.0 Å². The Morgan fingerprint density at radius 1 is 1.23 bits per heavy atom. The van der Waals surface area contributed by atoms with E-state index in [4.69, 9.17) is 23.8 Å². The van der Waals surface area contributed by atoms with Crippen molar-refractivity contribution in [1.29, 1.82) is 0 Å². The van der Waals surface area contributed by atoms with Gasteiger partial charge >= 0.3 is 12.1 Å². The van der Waals surface area contributed by atoms with Crippen LogP contribution in [0.4, 0.5) is 13.2 Å². The number of likely N-dealkylation sites (tertiary alicyclic amines) is 1. The second kappa shape index (κ2) is 10.5. The summed E-state index contributed by atoms with van der Waals surface area (Å²) in [5.74, 6) is -2.16. The van der Waals surface area contributed by atoms with Gasteiger partial charge in [0.1, 0.15) is 6.10 Å². The van der Waals surface area contributed by atoms with Gasteiger partial charge in [0.05, 0.1) is 18.6 Å². The number of carbonyl (C=O) groups excluding carboxylic acids is 1. The van der Waals surface area contributed by atoms with E-state index in [0.29, 0.717) is 12.0 Å². The number of alkyl halides is 3. The summed E-state index contributed by atoms with van der Waals surface area (Å²) >= 11 is 0. The van der Waals surface area contributed by atoms with Gasteiger partial charge in [0.25, 0.3) is 0 Å². The molecule has 1 aromatic heterocycles. The summed E-state index contributed by atoms with van der Waals surface area (Å²) in [7, 11) is 0. The van der Waals surface area contributed by atoms with E-state index in [9.17, 15) is 18.0 Å². The molecule has 0 bridgehead atoms. The van der Waals surface area contributed by atoms with Gasteiger partial charge in [-0.2, -0.15) is 13.2 Å². The summed E-state index contributed by atoms with van der Waals surface area (Å²) < 4.78 is 48.3. The smallest absolute Gasteiger partial charge is 0.475 e. The van der Waals surface area contributed by atoms with Crippen molar-refractivity contribution in [2.45, 2.75) is 56.7 Å². The summed E-state index contributed by atoms with van der Waals surface area (Å²) in [4.78, 5) is 23.8. The highest BCUT2D eigenvalue weighted by Gasteiger charge is 2.45. The number of ether oxygens (including phenoxy) is 2. The maximum atomic E-state index is 12.4. The van der Waals surface area contributed by atoms with Crippen molar-refractivity contribution < 1.29 is 41.8 Å². The van der Waals surface area contributed by atoms with Gasteiger partial charge in [0.15, 0.2) is 0 Å². The highest BCUT2D eigenvalue weighted by molar-refractivity contribution is 5.81. The fourth-order valence-corrected chi connectivity index (χ4v) is 4.12. The van der Waals surface area contributed by atoms with Crippen molar-refractivity contribution in [1.82, 2.24) is 10.2 Å². The number of hydrogen-bond donors (Lipinski definition) is 2. The van der Waals surface area contributed by atoms with Gasteiger partial charge in [0.2, 0.25) is 5.91 Å². The van der Waals surface area contributed by atoms with Gasteiger partial charge in [-0.3, -0.25) is 9.69 Å². The number of carboxylic acids is 1. The molecule has 3 atom stereocenters. The first-order valence-corrected chi connectivity index (χ1v) is 10.3. The van der Waals surface area contributed by atoms with Crippen molar-refractivity contribution >= 4 is 11.9 Å². The number of carbonyl (C=O) groups is 2. The van der Waals surface area contributed by atoms with Crippen molar-refractivity contribution in [2.24, 2.45) is 5.92 Å². The van der Waals surface area contributed by atoms with Crippen molar-refractivity contribution in [3.8, 4) is 0 Å². The van der Waals surface area contributed by atoms with E-state index in [1.54, 1.807) is 12.5 Å². The standard InChI is InChI=1S/C18H26N2O4.C2HF3O2/c21-18(19-10-13-2-6-22-7-3-13)17-9-15-16(24-17)1-5-20(15)11-14-4-8-23-12-14;3-2(4,5)1(6)7/h4,8,12-13,15-17H,1-3,5-7,9-11H2,(H,19,21);(H,6,7)/t15-,16-,17+;/m0./s1. The molecule has 3 aliphatic heterocycles.